The van der Waals surface area contributed by atoms with E-state index in [1.807, 2.05) is 17.4 Å². The minimum atomic E-state index is 0.430. The van der Waals surface area contributed by atoms with Gasteiger partial charge in [-0.05, 0) is 103 Å². The number of rotatable bonds is 3. The fraction of sp³-hybridized carbons (Fsp3) is 0.0385. The molecule has 54 heavy (non-hydrogen) atoms. The molecule has 10 aromatic rings. The molecule has 2 heterocycles. The van der Waals surface area contributed by atoms with Crippen molar-refractivity contribution in [3.63, 3.8) is 0 Å². The van der Waals surface area contributed by atoms with Crippen molar-refractivity contribution < 1.29 is 4.42 Å². The summed E-state index contributed by atoms with van der Waals surface area (Å²) in [4.78, 5) is 0. The van der Waals surface area contributed by atoms with Crippen molar-refractivity contribution in [2.45, 2.75) is 6.42 Å². The lowest BCUT2D eigenvalue weighted by atomic mass is 9.79. The average molecular weight is 705 g/mol. The van der Waals surface area contributed by atoms with Gasteiger partial charge < -0.3 is 4.42 Å². The van der Waals surface area contributed by atoms with Crippen LogP contribution >= 0.6 is 11.3 Å². The maximum absolute atomic E-state index is 6.30. The van der Waals surface area contributed by atoms with Crippen molar-refractivity contribution in [1.29, 1.82) is 0 Å². The monoisotopic (exact) mass is 704 g/mol. The van der Waals surface area contributed by atoms with Gasteiger partial charge in [0.05, 0.1) is 0 Å². The normalized spacial score (nSPS) is 15.6. The molecule has 1 atom stereocenters. The molecule has 1 unspecified atom stereocenters. The molecule has 0 radical (unpaired) electrons. The molecule has 0 N–H and O–H groups in total. The summed E-state index contributed by atoms with van der Waals surface area (Å²) < 4.78 is 8.91. The number of hydrogen-bond donors (Lipinski definition) is 0. The highest BCUT2D eigenvalue weighted by Crippen LogP contribution is 2.46. The molecule has 2 aliphatic carbocycles. The zero-order valence-electron chi connectivity index (χ0n) is 29.3. The van der Waals surface area contributed by atoms with Gasteiger partial charge in [0.15, 0.2) is 0 Å². The molecule has 2 aliphatic rings. The molecule has 0 saturated heterocycles. The molecule has 0 amide bonds. The third-order valence-corrected chi connectivity index (χ3v) is 13.0. The van der Waals surface area contributed by atoms with Gasteiger partial charge in [0.2, 0.25) is 0 Å². The summed E-state index contributed by atoms with van der Waals surface area (Å²) in [6, 6.07) is 51.6. The van der Waals surface area contributed by atoms with E-state index in [2.05, 4.69) is 170 Å². The van der Waals surface area contributed by atoms with Crippen molar-refractivity contribution in [2.24, 2.45) is 5.92 Å². The number of furan rings is 1. The van der Waals surface area contributed by atoms with Gasteiger partial charge in [-0.3, -0.25) is 0 Å². The van der Waals surface area contributed by atoms with E-state index in [0.717, 1.165) is 17.6 Å². The first-order valence-electron chi connectivity index (χ1n) is 18.8. The maximum atomic E-state index is 6.30. The van der Waals surface area contributed by atoms with E-state index in [9.17, 15) is 0 Å². The highest BCUT2D eigenvalue weighted by Gasteiger charge is 2.23. The van der Waals surface area contributed by atoms with Gasteiger partial charge in [0, 0.05) is 42.2 Å². The second-order valence-electron chi connectivity index (χ2n) is 14.8. The fourth-order valence-corrected chi connectivity index (χ4v) is 10.4. The predicted molar refractivity (Wildman–Crippen MR) is 232 cm³/mol. The summed E-state index contributed by atoms with van der Waals surface area (Å²) in [5.74, 6) is 0.430. The van der Waals surface area contributed by atoms with E-state index in [4.69, 9.17) is 4.42 Å². The second-order valence-corrected chi connectivity index (χ2v) is 15.8. The lowest BCUT2D eigenvalue weighted by Gasteiger charge is -2.25. The molecular formula is C52H32OS. The van der Waals surface area contributed by atoms with Crippen LogP contribution in [0.5, 0.6) is 0 Å². The van der Waals surface area contributed by atoms with Crippen LogP contribution in [-0.2, 0) is 0 Å². The molecule has 8 aromatic carbocycles. The van der Waals surface area contributed by atoms with Crippen molar-refractivity contribution in [1.82, 2.24) is 0 Å². The van der Waals surface area contributed by atoms with E-state index in [1.165, 1.54) is 102 Å². The molecule has 1 nitrogen and oxygen atoms in total. The third kappa shape index (κ3) is 4.44. The number of thiophene rings is 1. The SMILES string of the molecule is C1=CC2=CC=C(c3c4ccccc4c(-c4ccc(-c5ccc6sc7c8cc9oc%10ccccc%10c9cc8ccc7c6c5)cc4)c4ccccc34)CC2C=C1. The Morgan fingerprint density at radius 3 is 1.98 bits per heavy atom. The third-order valence-electron chi connectivity index (χ3n) is 11.8. The lowest BCUT2D eigenvalue weighted by molar-refractivity contribution is 0.669. The number of allylic oxidation sites excluding steroid dienone is 8. The highest BCUT2D eigenvalue weighted by atomic mass is 32.1. The van der Waals surface area contributed by atoms with Crippen LogP contribution in [0, 0.1) is 5.92 Å². The van der Waals surface area contributed by atoms with Gasteiger partial charge in [0.1, 0.15) is 11.2 Å². The summed E-state index contributed by atoms with van der Waals surface area (Å²) in [6.45, 7) is 0. The van der Waals surface area contributed by atoms with Crippen LogP contribution in [0.15, 0.2) is 186 Å². The van der Waals surface area contributed by atoms with Crippen molar-refractivity contribution in [3.8, 4) is 22.3 Å². The Kier molecular flexibility index (Phi) is 6.40. The van der Waals surface area contributed by atoms with E-state index >= 15 is 0 Å². The van der Waals surface area contributed by atoms with Crippen molar-refractivity contribution >= 4 is 91.3 Å². The first-order valence-corrected chi connectivity index (χ1v) is 19.6. The van der Waals surface area contributed by atoms with Crippen LogP contribution in [0.3, 0.4) is 0 Å². The van der Waals surface area contributed by atoms with Gasteiger partial charge in [-0.15, -0.1) is 11.3 Å². The Balaban J connectivity index is 0.966. The van der Waals surface area contributed by atoms with E-state index in [1.54, 1.807) is 0 Å². The van der Waals surface area contributed by atoms with E-state index in [-0.39, 0.29) is 0 Å². The Morgan fingerprint density at radius 1 is 0.481 bits per heavy atom. The number of fused-ring (bicyclic) bond motifs is 11. The Bertz CT molecular complexity index is 3290. The Hall–Kier alpha value is -6.48. The summed E-state index contributed by atoms with van der Waals surface area (Å²) in [6.07, 6.45) is 14.6. The van der Waals surface area contributed by atoms with Gasteiger partial charge in [-0.25, -0.2) is 0 Å². The van der Waals surface area contributed by atoms with Gasteiger partial charge >= 0.3 is 0 Å². The topological polar surface area (TPSA) is 13.1 Å². The molecule has 2 heteroatoms. The minimum Gasteiger partial charge on any atom is -0.456 e. The van der Waals surface area contributed by atoms with Crippen molar-refractivity contribution in [2.75, 3.05) is 0 Å². The minimum absolute atomic E-state index is 0.430. The van der Waals surface area contributed by atoms with Crippen LogP contribution in [-0.4, -0.2) is 0 Å². The van der Waals surface area contributed by atoms with Crippen LogP contribution < -0.4 is 0 Å². The first-order chi connectivity index (χ1) is 26.7. The Labute approximate surface area is 316 Å². The van der Waals surface area contributed by atoms with Gasteiger partial charge in [0.25, 0.3) is 0 Å². The lowest BCUT2D eigenvalue weighted by Crippen LogP contribution is -2.07. The standard InChI is InChI=1S/C52H32OS/c1-2-10-34-27-37(22-19-31(34)9-1)51-41-14-5-3-12-39(41)50(40-13-4-6-15-42(40)51)33-20-17-32(18-21-33)35-24-26-49-46(28-35)43-25-23-36-29-45-38-11-7-8-16-47(38)53-48(45)30-44(36)52(43)54-49/h1-26,28-30,34H,27H2. The first kappa shape index (κ1) is 30.0. The second kappa shape index (κ2) is 11.5. The smallest absolute Gasteiger partial charge is 0.136 e. The number of para-hydroxylation sites is 1. The predicted octanol–water partition coefficient (Wildman–Crippen LogP) is 15.2. The molecule has 0 bridgehead atoms. The fourth-order valence-electron chi connectivity index (χ4n) is 9.22. The van der Waals surface area contributed by atoms with Crippen LogP contribution in [0.2, 0.25) is 0 Å². The summed E-state index contributed by atoms with van der Waals surface area (Å²) in [7, 11) is 0. The number of hydrogen-bond acceptors (Lipinski definition) is 2. The maximum Gasteiger partial charge on any atom is 0.136 e. The van der Waals surface area contributed by atoms with Crippen LogP contribution in [0.1, 0.15) is 12.0 Å². The Morgan fingerprint density at radius 2 is 1.19 bits per heavy atom. The molecule has 0 aliphatic heterocycles. The molecular weight excluding hydrogens is 673 g/mol. The average Bonchev–Trinajstić information content (AvgIpc) is 3.79. The molecule has 252 valence electrons. The molecule has 12 rings (SSSR count). The summed E-state index contributed by atoms with van der Waals surface area (Å²) >= 11 is 1.87. The zero-order valence-corrected chi connectivity index (χ0v) is 30.2. The van der Waals surface area contributed by atoms with Crippen LogP contribution in [0.4, 0.5) is 0 Å². The van der Waals surface area contributed by atoms with Gasteiger partial charge in [-0.2, -0.15) is 0 Å². The summed E-state index contributed by atoms with van der Waals surface area (Å²) in [5, 5.41) is 12.7. The van der Waals surface area contributed by atoms with E-state index < -0.39 is 0 Å². The molecule has 0 saturated carbocycles. The quantitative estimate of drug-likeness (QED) is 0.167. The summed E-state index contributed by atoms with van der Waals surface area (Å²) in [5.41, 5.74) is 11.0. The van der Waals surface area contributed by atoms with Crippen LogP contribution in [0.25, 0.3) is 102 Å². The van der Waals surface area contributed by atoms with E-state index in [0.29, 0.717) is 5.92 Å². The molecule has 0 spiro atoms. The number of benzene rings is 8. The van der Waals surface area contributed by atoms with Gasteiger partial charge in [-0.1, -0.05) is 146 Å². The zero-order chi connectivity index (χ0) is 35.3. The largest absolute Gasteiger partial charge is 0.456 e. The highest BCUT2D eigenvalue weighted by molar-refractivity contribution is 7.26. The molecule has 2 aromatic heterocycles. The molecule has 0 fully saturated rings. The van der Waals surface area contributed by atoms with Crippen molar-refractivity contribution in [3.05, 3.63) is 187 Å².